The Morgan fingerprint density at radius 1 is 1.35 bits per heavy atom. The van der Waals surface area contributed by atoms with Gasteiger partial charge in [-0.25, -0.2) is 0 Å². The summed E-state index contributed by atoms with van der Waals surface area (Å²) in [7, 11) is 0. The lowest BCUT2D eigenvalue weighted by molar-refractivity contribution is -0.0529. The van der Waals surface area contributed by atoms with Gasteiger partial charge in [0.15, 0.2) is 0 Å². The van der Waals surface area contributed by atoms with Gasteiger partial charge in [0.05, 0.1) is 6.10 Å². The summed E-state index contributed by atoms with van der Waals surface area (Å²) in [6.45, 7) is 2.05. The van der Waals surface area contributed by atoms with Crippen molar-refractivity contribution < 1.29 is 9.84 Å². The van der Waals surface area contributed by atoms with Crippen molar-refractivity contribution in [1.82, 2.24) is 0 Å². The molecule has 0 spiro atoms. The van der Waals surface area contributed by atoms with Crippen LogP contribution in [-0.2, 0) is 10.3 Å². The van der Waals surface area contributed by atoms with E-state index < -0.39 is 5.60 Å². The molecule has 0 bridgehead atoms. The number of ether oxygens (including phenoxy) is 1. The molecule has 17 heavy (non-hydrogen) atoms. The second-order valence-corrected chi connectivity index (χ2v) is 5.32. The molecule has 2 aliphatic rings. The summed E-state index contributed by atoms with van der Waals surface area (Å²) in [4.78, 5) is 0. The lowest BCUT2D eigenvalue weighted by atomic mass is 9.71. The normalized spacial score (nSPS) is 34.8. The number of aliphatic hydroxyl groups is 1. The van der Waals surface area contributed by atoms with Gasteiger partial charge in [-0.1, -0.05) is 50.1 Å². The number of benzene rings is 1. The molecule has 3 atom stereocenters. The molecule has 0 aromatic heterocycles. The van der Waals surface area contributed by atoms with Crippen LogP contribution in [0.3, 0.4) is 0 Å². The minimum atomic E-state index is -0.806. The third-order valence-corrected chi connectivity index (χ3v) is 4.54. The zero-order chi connectivity index (χ0) is 11.9. The van der Waals surface area contributed by atoms with Crippen LogP contribution in [0, 0.1) is 0 Å². The molecule has 92 valence electrons. The molecule has 2 nitrogen and oxygen atoms in total. The Morgan fingerprint density at radius 3 is 2.76 bits per heavy atom. The molecule has 0 amide bonds. The molecular weight excluding hydrogens is 212 g/mol. The van der Waals surface area contributed by atoms with Crippen molar-refractivity contribution in [1.29, 1.82) is 0 Å². The van der Waals surface area contributed by atoms with E-state index in [4.69, 9.17) is 4.74 Å². The van der Waals surface area contributed by atoms with Crippen molar-refractivity contribution in [3.05, 3.63) is 35.9 Å². The molecule has 1 N–H and O–H groups in total. The van der Waals surface area contributed by atoms with Crippen molar-refractivity contribution >= 4 is 0 Å². The van der Waals surface area contributed by atoms with Crippen LogP contribution in [0.1, 0.15) is 44.6 Å². The van der Waals surface area contributed by atoms with Gasteiger partial charge >= 0.3 is 0 Å². The summed E-state index contributed by atoms with van der Waals surface area (Å²) >= 11 is 0. The standard InChI is InChI=1S/C15H20O2/c1-2-14(16,12-8-4-3-5-9-12)15-11-7-6-10-13(15)17-15/h3-5,8-9,13,16H,2,6-7,10-11H2,1H3/t13-,14?,15+/m0/s1. The summed E-state index contributed by atoms with van der Waals surface area (Å²) in [6.07, 6.45) is 5.51. The molecule has 0 radical (unpaired) electrons. The first-order valence-electron chi connectivity index (χ1n) is 6.69. The SMILES string of the molecule is CCC(O)(c1ccccc1)[C@@]12CCCC[C@@H]1O2. The van der Waals surface area contributed by atoms with E-state index in [0.717, 1.165) is 18.4 Å². The van der Waals surface area contributed by atoms with E-state index in [2.05, 4.69) is 6.92 Å². The second-order valence-electron chi connectivity index (χ2n) is 5.32. The lowest BCUT2D eigenvalue weighted by Crippen LogP contribution is -2.45. The number of hydrogen-bond acceptors (Lipinski definition) is 2. The maximum atomic E-state index is 11.1. The first-order chi connectivity index (χ1) is 8.23. The minimum Gasteiger partial charge on any atom is -0.382 e. The Kier molecular flexibility index (Phi) is 2.53. The molecule has 1 saturated carbocycles. The molecule has 1 heterocycles. The molecule has 1 aromatic rings. The highest BCUT2D eigenvalue weighted by Crippen LogP contribution is 2.58. The molecular formula is C15H20O2. The summed E-state index contributed by atoms with van der Waals surface area (Å²) in [5.74, 6) is 0. The molecule has 3 rings (SSSR count). The molecule has 1 aromatic carbocycles. The van der Waals surface area contributed by atoms with Gasteiger partial charge in [-0.3, -0.25) is 0 Å². The fraction of sp³-hybridized carbons (Fsp3) is 0.600. The minimum absolute atomic E-state index is 0.279. The van der Waals surface area contributed by atoms with Crippen molar-refractivity contribution in [3.63, 3.8) is 0 Å². The molecule has 1 aliphatic heterocycles. The quantitative estimate of drug-likeness (QED) is 0.813. The van der Waals surface area contributed by atoms with E-state index in [1.54, 1.807) is 0 Å². The van der Waals surface area contributed by atoms with E-state index >= 15 is 0 Å². The first-order valence-corrected chi connectivity index (χ1v) is 6.69. The zero-order valence-corrected chi connectivity index (χ0v) is 10.4. The van der Waals surface area contributed by atoms with Crippen LogP contribution in [0.15, 0.2) is 30.3 Å². The van der Waals surface area contributed by atoms with Crippen LogP contribution >= 0.6 is 0 Å². The van der Waals surface area contributed by atoms with Crippen LogP contribution < -0.4 is 0 Å². The van der Waals surface area contributed by atoms with E-state index in [1.807, 2.05) is 30.3 Å². The highest BCUT2D eigenvalue weighted by Gasteiger charge is 2.68. The number of rotatable bonds is 3. The van der Waals surface area contributed by atoms with Crippen molar-refractivity contribution in [3.8, 4) is 0 Å². The fourth-order valence-electron chi connectivity index (χ4n) is 3.48. The largest absolute Gasteiger partial charge is 0.382 e. The number of fused-ring (bicyclic) bond motifs is 1. The van der Waals surface area contributed by atoms with Crippen LogP contribution in [0.2, 0.25) is 0 Å². The van der Waals surface area contributed by atoms with E-state index in [9.17, 15) is 5.11 Å². The Bertz CT molecular complexity index is 403. The number of hydrogen-bond donors (Lipinski definition) is 1. The van der Waals surface area contributed by atoms with Gasteiger partial charge < -0.3 is 9.84 Å². The number of epoxide rings is 1. The van der Waals surface area contributed by atoms with Crippen molar-refractivity contribution in [2.75, 3.05) is 0 Å². The molecule has 2 heteroatoms. The van der Waals surface area contributed by atoms with Crippen LogP contribution in [0.5, 0.6) is 0 Å². The Hall–Kier alpha value is -0.860. The maximum Gasteiger partial charge on any atom is 0.127 e. The molecule has 1 aliphatic carbocycles. The van der Waals surface area contributed by atoms with Gasteiger partial charge in [0.1, 0.15) is 11.2 Å². The summed E-state index contributed by atoms with van der Waals surface area (Å²) in [5.41, 5.74) is -0.0901. The fourth-order valence-corrected chi connectivity index (χ4v) is 3.48. The topological polar surface area (TPSA) is 32.8 Å². The lowest BCUT2D eigenvalue weighted by Gasteiger charge is -2.36. The van der Waals surface area contributed by atoms with Crippen LogP contribution in [-0.4, -0.2) is 16.8 Å². The van der Waals surface area contributed by atoms with Gasteiger partial charge in [0, 0.05) is 0 Å². The predicted octanol–water partition coefficient (Wildman–Crippen LogP) is 3.00. The average Bonchev–Trinajstić information content (AvgIpc) is 3.15. The zero-order valence-electron chi connectivity index (χ0n) is 10.4. The van der Waals surface area contributed by atoms with Gasteiger partial charge in [-0.2, -0.15) is 0 Å². The van der Waals surface area contributed by atoms with E-state index in [1.165, 1.54) is 12.8 Å². The summed E-state index contributed by atoms with van der Waals surface area (Å²) in [5, 5.41) is 11.1. The summed E-state index contributed by atoms with van der Waals surface area (Å²) in [6, 6.07) is 10.0. The van der Waals surface area contributed by atoms with E-state index in [0.29, 0.717) is 6.42 Å². The van der Waals surface area contributed by atoms with Gasteiger partial charge in [0.25, 0.3) is 0 Å². The highest BCUT2D eigenvalue weighted by atomic mass is 16.6. The Balaban J connectivity index is 1.98. The monoisotopic (exact) mass is 232 g/mol. The smallest absolute Gasteiger partial charge is 0.127 e. The Labute approximate surface area is 103 Å². The highest BCUT2D eigenvalue weighted by molar-refractivity contribution is 5.31. The van der Waals surface area contributed by atoms with Gasteiger partial charge in [0.2, 0.25) is 0 Å². The average molecular weight is 232 g/mol. The van der Waals surface area contributed by atoms with Crippen LogP contribution in [0.4, 0.5) is 0 Å². The van der Waals surface area contributed by atoms with Crippen molar-refractivity contribution in [2.24, 2.45) is 0 Å². The first kappa shape index (κ1) is 11.2. The predicted molar refractivity (Wildman–Crippen MR) is 66.7 cm³/mol. The third kappa shape index (κ3) is 1.47. The molecule has 1 saturated heterocycles. The van der Waals surface area contributed by atoms with Gasteiger partial charge in [-0.05, 0) is 24.8 Å². The van der Waals surface area contributed by atoms with Crippen molar-refractivity contribution in [2.45, 2.75) is 56.3 Å². The molecule has 2 fully saturated rings. The second kappa shape index (κ2) is 3.82. The Morgan fingerprint density at radius 2 is 2.12 bits per heavy atom. The summed E-state index contributed by atoms with van der Waals surface area (Å²) < 4.78 is 5.93. The third-order valence-electron chi connectivity index (χ3n) is 4.54. The van der Waals surface area contributed by atoms with E-state index in [-0.39, 0.29) is 11.7 Å². The molecule has 1 unspecified atom stereocenters. The van der Waals surface area contributed by atoms with Gasteiger partial charge in [-0.15, -0.1) is 0 Å². The maximum absolute atomic E-state index is 11.1. The van der Waals surface area contributed by atoms with Crippen LogP contribution in [0.25, 0.3) is 0 Å².